The van der Waals surface area contributed by atoms with Crippen molar-refractivity contribution in [1.82, 2.24) is 20.6 Å². The van der Waals surface area contributed by atoms with E-state index < -0.39 is 0 Å². The molecule has 0 aromatic carbocycles. The van der Waals surface area contributed by atoms with Crippen molar-refractivity contribution in [1.29, 1.82) is 0 Å². The molecule has 0 amide bonds. The minimum Gasteiger partial charge on any atom is -0.467 e. The topological polar surface area (TPSA) is 96.6 Å². The van der Waals surface area contributed by atoms with Crippen LogP contribution in [-0.4, -0.2) is 40.3 Å². The Bertz CT molecular complexity index is 767. The molecule has 0 bridgehead atoms. The molecular formula is C18H24N6O2S. The highest BCUT2D eigenvalue weighted by Crippen LogP contribution is 2.10. The molecule has 1 saturated heterocycles. The molecule has 2 aromatic rings. The quantitative estimate of drug-likeness (QED) is 0.408. The number of ether oxygens (including phenoxy) is 1. The standard InChI is InChI=1S/C18H24N6O2S/c1-12-9-13(2)22-17(21-12)23-16(19-10-14-5-3-7-25-14)24-18(27)20-11-15-6-4-8-26-15/h3,5,7,9,15H,4,6,8,10-11H2,1-2H3,(H3,19,20,21,22,23,24,27). The molecule has 0 radical (unpaired) electrons. The highest BCUT2D eigenvalue weighted by molar-refractivity contribution is 7.80. The zero-order valence-electron chi connectivity index (χ0n) is 15.5. The van der Waals surface area contributed by atoms with Crippen LogP contribution >= 0.6 is 12.2 Å². The molecule has 144 valence electrons. The van der Waals surface area contributed by atoms with Crippen LogP contribution in [0.3, 0.4) is 0 Å². The Morgan fingerprint density at radius 2 is 2.15 bits per heavy atom. The third-order valence-electron chi connectivity index (χ3n) is 3.93. The van der Waals surface area contributed by atoms with Crippen molar-refractivity contribution in [3.63, 3.8) is 0 Å². The van der Waals surface area contributed by atoms with Gasteiger partial charge in [-0.15, -0.1) is 0 Å². The molecule has 2 aromatic heterocycles. The first-order valence-electron chi connectivity index (χ1n) is 8.91. The average Bonchev–Trinajstić information content (AvgIpc) is 3.31. The van der Waals surface area contributed by atoms with Gasteiger partial charge in [0.25, 0.3) is 0 Å². The number of aliphatic imine (C=N–C) groups is 1. The lowest BCUT2D eigenvalue weighted by molar-refractivity contribution is 0.114. The van der Waals surface area contributed by atoms with E-state index in [1.807, 2.05) is 32.0 Å². The van der Waals surface area contributed by atoms with Crippen molar-refractivity contribution in [2.45, 2.75) is 39.3 Å². The molecule has 3 heterocycles. The number of guanidine groups is 1. The molecule has 3 N–H and O–H groups in total. The monoisotopic (exact) mass is 388 g/mol. The number of rotatable bonds is 5. The van der Waals surface area contributed by atoms with Crippen LogP contribution in [0, 0.1) is 13.8 Å². The van der Waals surface area contributed by atoms with Crippen LogP contribution in [0.2, 0.25) is 0 Å². The fourth-order valence-corrected chi connectivity index (χ4v) is 2.90. The molecule has 3 rings (SSSR count). The number of hydrogen-bond donors (Lipinski definition) is 3. The van der Waals surface area contributed by atoms with Crippen molar-refractivity contribution in [2.24, 2.45) is 4.99 Å². The van der Waals surface area contributed by atoms with Crippen LogP contribution in [0.1, 0.15) is 30.0 Å². The zero-order valence-corrected chi connectivity index (χ0v) is 16.3. The summed E-state index contributed by atoms with van der Waals surface area (Å²) >= 11 is 5.38. The van der Waals surface area contributed by atoms with E-state index in [9.17, 15) is 0 Å². The first-order valence-corrected chi connectivity index (χ1v) is 9.32. The smallest absolute Gasteiger partial charge is 0.229 e. The van der Waals surface area contributed by atoms with E-state index in [1.165, 1.54) is 0 Å². The van der Waals surface area contributed by atoms with Gasteiger partial charge in [-0.3, -0.25) is 5.32 Å². The summed E-state index contributed by atoms with van der Waals surface area (Å²) in [5.74, 6) is 1.65. The molecule has 1 atom stereocenters. The maximum atomic E-state index is 5.60. The Kier molecular flexibility index (Phi) is 6.72. The van der Waals surface area contributed by atoms with Gasteiger partial charge in [-0.1, -0.05) is 0 Å². The summed E-state index contributed by atoms with van der Waals surface area (Å²) in [5, 5.41) is 9.80. The summed E-state index contributed by atoms with van der Waals surface area (Å²) in [5.41, 5.74) is 1.74. The molecule has 1 fully saturated rings. The van der Waals surface area contributed by atoms with E-state index in [4.69, 9.17) is 21.4 Å². The maximum Gasteiger partial charge on any atom is 0.229 e. The molecule has 1 aliphatic heterocycles. The third-order valence-corrected chi connectivity index (χ3v) is 4.18. The number of thiocarbonyl (C=S) groups is 1. The van der Waals surface area contributed by atoms with Gasteiger partial charge in [-0.25, -0.2) is 15.0 Å². The lowest BCUT2D eigenvalue weighted by Gasteiger charge is -2.16. The van der Waals surface area contributed by atoms with E-state index in [0.717, 1.165) is 36.6 Å². The number of hydrogen-bond acceptors (Lipinski definition) is 6. The van der Waals surface area contributed by atoms with Gasteiger partial charge in [0.05, 0.1) is 12.4 Å². The summed E-state index contributed by atoms with van der Waals surface area (Å²) < 4.78 is 10.9. The Balaban J connectivity index is 1.64. The minimum absolute atomic E-state index is 0.198. The van der Waals surface area contributed by atoms with Crippen molar-refractivity contribution in [2.75, 3.05) is 18.5 Å². The Hall–Kier alpha value is -2.52. The Morgan fingerprint density at radius 3 is 2.81 bits per heavy atom. The third kappa shape index (κ3) is 6.30. The van der Waals surface area contributed by atoms with Crippen molar-refractivity contribution < 1.29 is 9.15 Å². The number of aryl methyl sites for hydroxylation is 2. The first kappa shape index (κ1) is 19.2. The number of nitrogens with zero attached hydrogens (tertiary/aromatic N) is 3. The van der Waals surface area contributed by atoms with Crippen LogP contribution in [0.5, 0.6) is 0 Å². The molecule has 1 unspecified atom stereocenters. The average molecular weight is 388 g/mol. The van der Waals surface area contributed by atoms with E-state index in [0.29, 0.717) is 30.1 Å². The summed E-state index contributed by atoms with van der Waals surface area (Å²) in [6, 6.07) is 5.60. The summed E-state index contributed by atoms with van der Waals surface area (Å²) in [4.78, 5) is 13.3. The highest BCUT2D eigenvalue weighted by atomic mass is 32.1. The Labute approximate surface area is 163 Å². The van der Waals surface area contributed by atoms with E-state index in [1.54, 1.807) is 6.26 Å². The second-order valence-electron chi connectivity index (χ2n) is 6.31. The van der Waals surface area contributed by atoms with E-state index >= 15 is 0 Å². The molecule has 0 spiro atoms. The van der Waals surface area contributed by atoms with Gasteiger partial charge in [0.1, 0.15) is 12.3 Å². The zero-order chi connectivity index (χ0) is 19.1. The molecule has 9 heteroatoms. The number of nitrogens with one attached hydrogen (secondary N) is 3. The lowest BCUT2D eigenvalue weighted by Crippen LogP contribution is -2.45. The number of anilines is 1. The van der Waals surface area contributed by atoms with Gasteiger partial charge in [0.15, 0.2) is 5.11 Å². The maximum absolute atomic E-state index is 5.60. The second kappa shape index (κ2) is 9.43. The fraction of sp³-hybridized carbons (Fsp3) is 0.444. The van der Waals surface area contributed by atoms with Crippen molar-refractivity contribution in [3.05, 3.63) is 41.6 Å². The van der Waals surface area contributed by atoms with Gasteiger partial charge >= 0.3 is 0 Å². The van der Waals surface area contributed by atoms with Crippen LogP contribution in [0.15, 0.2) is 33.9 Å². The largest absolute Gasteiger partial charge is 0.467 e. The van der Waals surface area contributed by atoms with Gasteiger partial charge in [-0.2, -0.15) is 0 Å². The predicted molar refractivity (Wildman–Crippen MR) is 108 cm³/mol. The van der Waals surface area contributed by atoms with Crippen LogP contribution in [0.4, 0.5) is 5.95 Å². The number of aromatic nitrogens is 2. The molecule has 0 aliphatic carbocycles. The molecule has 27 heavy (non-hydrogen) atoms. The van der Waals surface area contributed by atoms with Gasteiger partial charge in [0, 0.05) is 24.5 Å². The van der Waals surface area contributed by atoms with E-state index in [2.05, 4.69) is 30.9 Å². The van der Waals surface area contributed by atoms with Crippen molar-refractivity contribution >= 4 is 29.2 Å². The van der Waals surface area contributed by atoms with Gasteiger partial charge in [0.2, 0.25) is 11.9 Å². The van der Waals surface area contributed by atoms with Crippen LogP contribution in [0.25, 0.3) is 0 Å². The fourth-order valence-electron chi connectivity index (χ4n) is 2.72. The summed E-state index contributed by atoms with van der Waals surface area (Å²) in [6.07, 6.45) is 3.95. The molecule has 1 aliphatic rings. The highest BCUT2D eigenvalue weighted by Gasteiger charge is 2.15. The normalized spacial score (nSPS) is 17.0. The second-order valence-corrected chi connectivity index (χ2v) is 6.72. The summed E-state index contributed by atoms with van der Waals surface area (Å²) in [7, 11) is 0. The molecule has 8 nitrogen and oxygen atoms in total. The lowest BCUT2D eigenvalue weighted by atomic mass is 10.2. The summed E-state index contributed by atoms with van der Waals surface area (Å²) in [6.45, 7) is 5.67. The number of furan rings is 1. The van der Waals surface area contributed by atoms with Crippen LogP contribution < -0.4 is 16.0 Å². The van der Waals surface area contributed by atoms with Crippen LogP contribution in [-0.2, 0) is 11.3 Å². The van der Waals surface area contributed by atoms with Gasteiger partial charge in [-0.05, 0) is 57.1 Å². The Morgan fingerprint density at radius 1 is 1.33 bits per heavy atom. The van der Waals surface area contributed by atoms with Gasteiger partial charge < -0.3 is 19.8 Å². The SMILES string of the molecule is Cc1cc(C)nc(NC(=NCc2ccco2)NC(=S)NCC2CCCO2)n1. The van der Waals surface area contributed by atoms with E-state index in [-0.39, 0.29) is 6.10 Å². The predicted octanol–water partition coefficient (Wildman–Crippen LogP) is 2.30. The van der Waals surface area contributed by atoms with Crippen molar-refractivity contribution in [3.8, 4) is 0 Å². The first-order chi connectivity index (χ1) is 13.1. The molecule has 0 saturated carbocycles. The molecular weight excluding hydrogens is 364 g/mol. The minimum atomic E-state index is 0.198.